The van der Waals surface area contributed by atoms with E-state index in [-0.39, 0.29) is 15.8 Å². The lowest BCUT2D eigenvalue weighted by Gasteiger charge is -2.07. The molecule has 0 spiro atoms. The second kappa shape index (κ2) is 6.53. The second-order valence-corrected chi connectivity index (χ2v) is 5.96. The molecular weight excluding hydrogens is 369 g/mol. The summed E-state index contributed by atoms with van der Waals surface area (Å²) in [4.78, 5) is 11.2. The van der Waals surface area contributed by atoms with Crippen LogP contribution in [0.5, 0.6) is 0 Å². The average molecular weight is 377 g/mol. The molecule has 2 rings (SSSR count). The summed E-state index contributed by atoms with van der Waals surface area (Å²) >= 11 is 3.99. The van der Waals surface area contributed by atoms with Gasteiger partial charge in [-0.1, -0.05) is 0 Å². The van der Waals surface area contributed by atoms with E-state index >= 15 is 0 Å². The van der Waals surface area contributed by atoms with Crippen molar-refractivity contribution in [2.45, 2.75) is 10.6 Å². The minimum absolute atomic E-state index is 0.0399. The highest BCUT2D eigenvalue weighted by Gasteiger charge is 2.14. The number of benzene rings is 2. The summed E-state index contributed by atoms with van der Waals surface area (Å²) in [6.45, 7) is 0. The fraction of sp³-hybridized carbons (Fsp3) is 0.0714. The zero-order chi connectivity index (χ0) is 15.6. The number of carboxylic acids is 1. The fourth-order valence-electron chi connectivity index (χ4n) is 1.61. The molecule has 7 heteroatoms. The predicted octanol–water partition coefficient (Wildman–Crippen LogP) is 4.86. The van der Waals surface area contributed by atoms with Crippen LogP contribution in [0.15, 0.2) is 39.7 Å². The van der Waals surface area contributed by atoms with Crippen molar-refractivity contribution in [2.75, 3.05) is 0 Å². The zero-order valence-electron chi connectivity index (χ0n) is 10.4. The minimum atomic E-state index is -1.39. The maximum Gasteiger partial charge on any atom is 0.338 e. The van der Waals surface area contributed by atoms with Crippen LogP contribution in [0, 0.1) is 17.5 Å². The van der Waals surface area contributed by atoms with Crippen LogP contribution >= 0.6 is 27.7 Å². The normalized spacial score (nSPS) is 10.7. The first-order valence-electron chi connectivity index (χ1n) is 5.68. The molecule has 0 saturated carbocycles. The first kappa shape index (κ1) is 15.9. The molecule has 0 aromatic heterocycles. The standard InChI is InChI=1S/C14H8BrF3O2S/c15-10-2-4-12(17)9(13(10)18)6-21-7-1-3-11(16)8(5-7)14(19)20/h1-5H,6H2,(H,19,20). The Morgan fingerprint density at radius 3 is 2.48 bits per heavy atom. The van der Waals surface area contributed by atoms with Crippen molar-refractivity contribution in [1.82, 2.24) is 0 Å². The van der Waals surface area contributed by atoms with Crippen molar-refractivity contribution in [3.63, 3.8) is 0 Å². The van der Waals surface area contributed by atoms with Crippen LogP contribution in [0.2, 0.25) is 0 Å². The van der Waals surface area contributed by atoms with Crippen molar-refractivity contribution in [1.29, 1.82) is 0 Å². The highest BCUT2D eigenvalue weighted by atomic mass is 79.9. The fourth-order valence-corrected chi connectivity index (χ4v) is 2.93. The number of aromatic carboxylic acids is 1. The van der Waals surface area contributed by atoms with Crippen molar-refractivity contribution >= 4 is 33.7 Å². The van der Waals surface area contributed by atoms with Crippen molar-refractivity contribution in [2.24, 2.45) is 0 Å². The highest BCUT2D eigenvalue weighted by molar-refractivity contribution is 9.10. The number of halogens is 4. The molecule has 0 aliphatic carbocycles. The molecule has 21 heavy (non-hydrogen) atoms. The third kappa shape index (κ3) is 3.59. The summed E-state index contributed by atoms with van der Waals surface area (Å²) in [6, 6.07) is 5.91. The number of rotatable bonds is 4. The summed E-state index contributed by atoms with van der Waals surface area (Å²) < 4.78 is 40.8. The van der Waals surface area contributed by atoms with Crippen LogP contribution in [-0.4, -0.2) is 11.1 Å². The third-order valence-corrected chi connectivity index (χ3v) is 4.32. The maximum absolute atomic E-state index is 13.8. The largest absolute Gasteiger partial charge is 0.478 e. The molecular formula is C14H8BrF3O2S. The smallest absolute Gasteiger partial charge is 0.338 e. The van der Waals surface area contributed by atoms with Gasteiger partial charge < -0.3 is 5.11 Å². The van der Waals surface area contributed by atoms with Gasteiger partial charge in [-0.15, -0.1) is 11.8 Å². The number of hydrogen-bond acceptors (Lipinski definition) is 2. The molecule has 2 aromatic rings. The summed E-state index contributed by atoms with van der Waals surface area (Å²) in [5.74, 6) is -3.69. The quantitative estimate of drug-likeness (QED) is 0.611. The molecule has 0 fully saturated rings. The number of carbonyl (C=O) groups is 1. The Kier molecular flexibility index (Phi) is 4.95. The lowest BCUT2D eigenvalue weighted by molar-refractivity contribution is 0.0691. The topological polar surface area (TPSA) is 37.3 Å². The first-order valence-corrected chi connectivity index (χ1v) is 7.46. The van der Waals surface area contributed by atoms with Crippen LogP contribution in [0.25, 0.3) is 0 Å². The van der Waals surface area contributed by atoms with E-state index in [1.165, 1.54) is 12.1 Å². The van der Waals surface area contributed by atoms with Crippen LogP contribution < -0.4 is 0 Å². The Labute approximate surface area is 131 Å². The van der Waals surface area contributed by atoms with Crippen LogP contribution in [0.4, 0.5) is 13.2 Å². The second-order valence-electron chi connectivity index (χ2n) is 4.06. The van der Waals surface area contributed by atoms with Crippen molar-refractivity contribution < 1.29 is 23.1 Å². The van der Waals surface area contributed by atoms with Gasteiger partial charge in [0.05, 0.1) is 10.0 Å². The van der Waals surface area contributed by atoms with Gasteiger partial charge in [0.2, 0.25) is 0 Å². The molecule has 2 aromatic carbocycles. The van der Waals surface area contributed by atoms with E-state index in [9.17, 15) is 18.0 Å². The van der Waals surface area contributed by atoms with E-state index in [0.717, 1.165) is 30.0 Å². The highest BCUT2D eigenvalue weighted by Crippen LogP contribution is 2.29. The number of carboxylic acid groups (broad SMARTS) is 1. The van der Waals surface area contributed by atoms with Gasteiger partial charge >= 0.3 is 5.97 Å². The van der Waals surface area contributed by atoms with Gasteiger partial charge in [-0.3, -0.25) is 0 Å². The molecule has 0 atom stereocenters. The Hall–Kier alpha value is -1.47. The van der Waals surface area contributed by atoms with Crippen LogP contribution in [0.1, 0.15) is 15.9 Å². The van der Waals surface area contributed by atoms with Gasteiger partial charge in [0.1, 0.15) is 17.5 Å². The SMILES string of the molecule is O=C(O)c1cc(SCc2c(F)ccc(Br)c2F)ccc1F. The molecule has 1 N–H and O–H groups in total. The average Bonchev–Trinajstić information content (AvgIpc) is 2.44. The van der Waals surface area contributed by atoms with E-state index in [0.29, 0.717) is 4.90 Å². The van der Waals surface area contributed by atoms with E-state index < -0.39 is 29.0 Å². The van der Waals surface area contributed by atoms with Gasteiger partial charge in [-0.25, -0.2) is 18.0 Å². The lowest BCUT2D eigenvalue weighted by atomic mass is 10.2. The third-order valence-electron chi connectivity index (χ3n) is 2.69. The van der Waals surface area contributed by atoms with Gasteiger partial charge in [0.25, 0.3) is 0 Å². The monoisotopic (exact) mass is 376 g/mol. The van der Waals surface area contributed by atoms with Crippen LogP contribution in [-0.2, 0) is 5.75 Å². The molecule has 0 aliphatic heterocycles. The van der Waals surface area contributed by atoms with Gasteiger partial charge in [0.15, 0.2) is 0 Å². The zero-order valence-corrected chi connectivity index (χ0v) is 12.8. The molecule has 0 amide bonds. The number of hydrogen-bond donors (Lipinski definition) is 1. The van der Waals surface area contributed by atoms with Crippen molar-refractivity contribution in [3.05, 3.63) is 63.4 Å². The minimum Gasteiger partial charge on any atom is -0.478 e. The van der Waals surface area contributed by atoms with Gasteiger partial charge in [0, 0.05) is 16.2 Å². The number of thioether (sulfide) groups is 1. The molecule has 0 bridgehead atoms. The Morgan fingerprint density at radius 2 is 1.81 bits per heavy atom. The summed E-state index contributed by atoms with van der Waals surface area (Å²) in [5.41, 5.74) is -0.606. The molecule has 2 nitrogen and oxygen atoms in total. The maximum atomic E-state index is 13.8. The first-order chi connectivity index (χ1) is 9.90. The summed E-state index contributed by atoms with van der Waals surface area (Å²) in [7, 11) is 0. The van der Waals surface area contributed by atoms with Crippen LogP contribution in [0.3, 0.4) is 0 Å². The predicted molar refractivity (Wildman–Crippen MR) is 77.0 cm³/mol. The van der Waals surface area contributed by atoms with E-state index in [1.807, 2.05) is 0 Å². The molecule has 0 unspecified atom stereocenters. The lowest BCUT2D eigenvalue weighted by Crippen LogP contribution is -2.00. The summed E-state index contributed by atoms with van der Waals surface area (Å²) in [6.07, 6.45) is 0. The Morgan fingerprint density at radius 1 is 1.14 bits per heavy atom. The molecule has 0 radical (unpaired) electrons. The van der Waals surface area contributed by atoms with E-state index in [2.05, 4.69) is 15.9 Å². The van der Waals surface area contributed by atoms with Gasteiger partial charge in [-0.05, 0) is 46.3 Å². The van der Waals surface area contributed by atoms with Gasteiger partial charge in [-0.2, -0.15) is 0 Å². The Bertz CT molecular complexity index is 707. The molecule has 110 valence electrons. The van der Waals surface area contributed by atoms with Crippen molar-refractivity contribution in [3.8, 4) is 0 Å². The van der Waals surface area contributed by atoms with E-state index in [4.69, 9.17) is 5.11 Å². The Balaban J connectivity index is 2.23. The van der Waals surface area contributed by atoms with E-state index in [1.54, 1.807) is 0 Å². The molecule has 0 heterocycles. The molecule has 0 saturated heterocycles. The summed E-state index contributed by atoms with van der Waals surface area (Å²) in [5, 5.41) is 8.82. The molecule has 0 aliphatic rings.